The van der Waals surface area contributed by atoms with Crippen LogP contribution in [0, 0.1) is 30.3 Å². The molecule has 0 aromatic heterocycles. The molecular formula is C19H10N4O7. The molecule has 1 aliphatic rings. The maximum atomic E-state index is 11.6. The van der Waals surface area contributed by atoms with Crippen LogP contribution < -0.4 is 0 Å². The van der Waals surface area contributed by atoms with Gasteiger partial charge in [0.2, 0.25) is 0 Å². The average Bonchev–Trinajstić information content (AvgIpc) is 3.00. The van der Waals surface area contributed by atoms with Crippen LogP contribution in [0.4, 0.5) is 22.7 Å². The molecule has 1 N–H and O–H groups in total. The van der Waals surface area contributed by atoms with Gasteiger partial charge in [0.05, 0.1) is 37.8 Å². The topological polar surface area (TPSA) is 162 Å². The van der Waals surface area contributed by atoms with E-state index in [0.29, 0.717) is 5.56 Å². The summed E-state index contributed by atoms with van der Waals surface area (Å²) >= 11 is 0. The van der Waals surface area contributed by atoms with Crippen LogP contribution in [-0.2, 0) is 0 Å². The molecule has 0 heterocycles. The van der Waals surface area contributed by atoms with Crippen molar-refractivity contribution >= 4 is 28.5 Å². The highest BCUT2D eigenvalue weighted by molar-refractivity contribution is 6.27. The molecule has 11 nitrogen and oxygen atoms in total. The monoisotopic (exact) mass is 406 g/mol. The molecule has 0 spiro atoms. The first-order chi connectivity index (χ1) is 14.3. The average molecular weight is 406 g/mol. The van der Waals surface area contributed by atoms with Crippen molar-refractivity contribution in [2.24, 2.45) is 4.99 Å². The molecule has 11 heteroatoms. The normalized spacial score (nSPS) is 13.0. The van der Waals surface area contributed by atoms with Crippen molar-refractivity contribution in [2.45, 2.75) is 0 Å². The third-order valence-corrected chi connectivity index (χ3v) is 4.57. The molecule has 0 unspecified atom stereocenters. The second-order valence-electron chi connectivity index (χ2n) is 6.37. The molecule has 0 saturated carbocycles. The van der Waals surface area contributed by atoms with Gasteiger partial charge in [0, 0.05) is 35.4 Å². The second kappa shape index (κ2) is 6.74. The zero-order valence-electron chi connectivity index (χ0n) is 14.9. The lowest BCUT2D eigenvalue weighted by atomic mass is 10.0. The lowest BCUT2D eigenvalue weighted by Crippen LogP contribution is -2.01. The summed E-state index contributed by atoms with van der Waals surface area (Å²) in [5.41, 5.74) is -0.180. The smallest absolute Gasteiger partial charge is 0.284 e. The Morgan fingerprint density at radius 2 is 1.43 bits per heavy atom. The van der Waals surface area contributed by atoms with E-state index in [9.17, 15) is 35.4 Å². The number of nitro groups is 3. The summed E-state index contributed by atoms with van der Waals surface area (Å²) < 4.78 is 0. The SMILES string of the molecule is O=[N+]([O-])c1ccc2c(c1)C(=Nc1cccc(O)c1)c1cc([N+](=O)[O-])cc([N+](=O)[O-])c1-2. The van der Waals surface area contributed by atoms with Gasteiger partial charge in [0.25, 0.3) is 17.1 Å². The fourth-order valence-electron chi connectivity index (χ4n) is 3.35. The third-order valence-electron chi connectivity index (χ3n) is 4.57. The van der Waals surface area contributed by atoms with Gasteiger partial charge in [0.1, 0.15) is 5.75 Å². The number of non-ortho nitro benzene ring substituents is 2. The number of rotatable bonds is 4. The molecule has 4 rings (SSSR count). The third kappa shape index (κ3) is 2.99. The lowest BCUT2D eigenvalue weighted by molar-refractivity contribution is -0.393. The van der Waals surface area contributed by atoms with E-state index < -0.39 is 26.1 Å². The van der Waals surface area contributed by atoms with Gasteiger partial charge < -0.3 is 5.11 Å². The first-order valence-electron chi connectivity index (χ1n) is 8.40. The van der Waals surface area contributed by atoms with E-state index in [4.69, 9.17) is 0 Å². The van der Waals surface area contributed by atoms with Gasteiger partial charge in [-0.05, 0) is 23.8 Å². The van der Waals surface area contributed by atoms with Crippen LogP contribution in [0.2, 0.25) is 0 Å². The minimum Gasteiger partial charge on any atom is -0.508 e. The summed E-state index contributed by atoms with van der Waals surface area (Å²) in [6, 6.07) is 11.6. The van der Waals surface area contributed by atoms with Crippen LogP contribution in [0.1, 0.15) is 11.1 Å². The van der Waals surface area contributed by atoms with E-state index in [0.717, 1.165) is 12.1 Å². The van der Waals surface area contributed by atoms with Crippen molar-refractivity contribution in [3.8, 4) is 16.9 Å². The molecule has 148 valence electrons. The quantitative estimate of drug-likeness (QED) is 0.391. The number of aromatic hydroxyl groups is 1. The summed E-state index contributed by atoms with van der Waals surface area (Å²) in [4.78, 5) is 36.5. The van der Waals surface area contributed by atoms with Crippen LogP contribution in [0.5, 0.6) is 5.75 Å². The maximum absolute atomic E-state index is 11.6. The van der Waals surface area contributed by atoms with Crippen molar-refractivity contribution in [1.29, 1.82) is 0 Å². The molecule has 1 aliphatic carbocycles. The van der Waals surface area contributed by atoms with E-state index in [1.54, 1.807) is 6.07 Å². The van der Waals surface area contributed by atoms with Gasteiger partial charge in [-0.3, -0.25) is 30.3 Å². The fraction of sp³-hybridized carbons (Fsp3) is 0. The Morgan fingerprint density at radius 1 is 0.733 bits per heavy atom. The number of hydrogen-bond acceptors (Lipinski definition) is 8. The first kappa shape index (κ1) is 18.7. The Bertz CT molecular complexity index is 1300. The maximum Gasteiger partial charge on any atom is 0.284 e. The molecule has 3 aromatic rings. The Balaban J connectivity index is 2.09. The Labute approximate surface area is 167 Å². The number of hydrogen-bond donors (Lipinski definition) is 1. The summed E-state index contributed by atoms with van der Waals surface area (Å²) in [7, 11) is 0. The van der Waals surface area contributed by atoms with Gasteiger partial charge in [-0.15, -0.1) is 0 Å². The van der Waals surface area contributed by atoms with Gasteiger partial charge in [-0.1, -0.05) is 6.07 Å². The highest BCUT2D eigenvalue weighted by Crippen LogP contribution is 2.46. The zero-order chi connectivity index (χ0) is 21.6. The van der Waals surface area contributed by atoms with Gasteiger partial charge >= 0.3 is 0 Å². The van der Waals surface area contributed by atoms with E-state index in [1.165, 1.54) is 36.4 Å². The molecule has 0 aliphatic heterocycles. The Morgan fingerprint density at radius 3 is 2.07 bits per heavy atom. The minimum atomic E-state index is -0.759. The summed E-state index contributed by atoms with van der Waals surface area (Å²) in [6.45, 7) is 0. The van der Waals surface area contributed by atoms with Crippen LogP contribution in [0.3, 0.4) is 0 Å². The van der Waals surface area contributed by atoms with Gasteiger partial charge in [0.15, 0.2) is 0 Å². The summed E-state index contributed by atoms with van der Waals surface area (Å²) in [6.07, 6.45) is 0. The van der Waals surface area contributed by atoms with Crippen LogP contribution >= 0.6 is 0 Å². The van der Waals surface area contributed by atoms with E-state index in [1.807, 2.05) is 0 Å². The zero-order valence-corrected chi connectivity index (χ0v) is 14.9. The molecule has 3 aromatic carbocycles. The van der Waals surface area contributed by atoms with E-state index >= 15 is 0 Å². The molecule has 0 bridgehead atoms. The second-order valence-corrected chi connectivity index (χ2v) is 6.37. The Kier molecular flexibility index (Phi) is 4.20. The van der Waals surface area contributed by atoms with E-state index in [-0.39, 0.29) is 39.5 Å². The van der Waals surface area contributed by atoms with Crippen molar-refractivity contribution < 1.29 is 19.9 Å². The number of fused-ring (bicyclic) bond motifs is 3. The van der Waals surface area contributed by atoms with Crippen LogP contribution in [0.25, 0.3) is 11.1 Å². The van der Waals surface area contributed by atoms with Crippen molar-refractivity contribution in [1.82, 2.24) is 0 Å². The summed E-state index contributed by atoms with van der Waals surface area (Å²) in [5.74, 6) is -0.0839. The highest BCUT2D eigenvalue weighted by atomic mass is 16.6. The van der Waals surface area contributed by atoms with Crippen molar-refractivity contribution in [2.75, 3.05) is 0 Å². The van der Waals surface area contributed by atoms with E-state index in [2.05, 4.69) is 4.99 Å². The van der Waals surface area contributed by atoms with Gasteiger partial charge in [-0.2, -0.15) is 0 Å². The Hall–Kier alpha value is -4.67. The van der Waals surface area contributed by atoms with Crippen LogP contribution in [-0.4, -0.2) is 25.6 Å². The summed E-state index contributed by atoms with van der Waals surface area (Å²) in [5, 5.41) is 43.9. The largest absolute Gasteiger partial charge is 0.508 e. The van der Waals surface area contributed by atoms with Crippen molar-refractivity contribution in [3.05, 3.63) is 96.1 Å². The molecular weight excluding hydrogens is 396 g/mol. The standard InChI is InChI=1S/C19H10N4O7/c24-13-3-1-2-10(6-13)20-19-15-7-11(21(25)26)4-5-14(15)18-16(19)8-12(22(27)28)9-17(18)23(29)30/h1-9,24H. The highest BCUT2D eigenvalue weighted by Gasteiger charge is 2.35. The number of phenols is 1. The lowest BCUT2D eigenvalue weighted by Gasteiger charge is -2.04. The first-order valence-corrected chi connectivity index (χ1v) is 8.40. The predicted octanol–water partition coefficient (Wildman–Crippen LogP) is 4.27. The number of phenolic OH excluding ortho intramolecular Hbond substituents is 1. The van der Waals surface area contributed by atoms with Crippen molar-refractivity contribution in [3.63, 3.8) is 0 Å². The number of benzene rings is 3. The molecule has 30 heavy (non-hydrogen) atoms. The molecule has 0 amide bonds. The minimum absolute atomic E-state index is 0.0839. The molecule has 0 radical (unpaired) electrons. The molecule has 0 atom stereocenters. The van der Waals surface area contributed by atoms with Gasteiger partial charge in [-0.25, -0.2) is 4.99 Å². The molecule has 0 fully saturated rings. The fourth-order valence-corrected chi connectivity index (χ4v) is 3.35. The number of nitro benzene ring substituents is 3. The number of aliphatic imine (C=N–C) groups is 1. The molecule has 0 saturated heterocycles. The number of nitrogens with zero attached hydrogens (tertiary/aromatic N) is 4. The predicted molar refractivity (Wildman–Crippen MR) is 105 cm³/mol. The van der Waals surface area contributed by atoms with Crippen LogP contribution in [0.15, 0.2) is 59.6 Å².